The summed E-state index contributed by atoms with van der Waals surface area (Å²) < 4.78 is 2.23. The van der Waals surface area contributed by atoms with Gasteiger partial charge in [0.1, 0.15) is 0 Å². The lowest BCUT2D eigenvalue weighted by atomic mass is 10.00. The molecule has 1 nitrogen and oxygen atoms in total. The van der Waals surface area contributed by atoms with Crippen molar-refractivity contribution in [1.82, 2.24) is 0 Å². The Morgan fingerprint density at radius 2 is 1.80 bits per heavy atom. The van der Waals surface area contributed by atoms with Crippen LogP contribution in [0.5, 0.6) is 0 Å². The quantitative estimate of drug-likeness (QED) is 0.682. The molecule has 78 valence electrons. The molecule has 0 radical (unpaired) electrons. The average molecular weight is 218 g/mol. The van der Waals surface area contributed by atoms with Crippen molar-refractivity contribution < 1.29 is 4.57 Å². The molecule has 0 N–H and O–H groups in total. The Bertz CT molecular complexity index is 434. The van der Waals surface area contributed by atoms with Crippen molar-refractivity contribution in [2.75, 3.05) is 0 Å². The van der Waals surface area contributed by atoms with Crippen molar-refractivity contribution in [3.8, 4) is 0 Å². The zero-order chi connectivity index (χ0) is 10.8. The molecule has 0 fully saturated rings. The zero-order valence-electron chi connectivity index (χ0n) is 9.45. The van der Waals surface area contributed by atoms with E-state index in [4.69, 9.17) is 0 Å². The highest BCUT2D eigenvalue weighted by Crippen LogP contribution is 2.15. The van der Waals surface area contributed by atoms with Crippen LogP contribution in [0.4, 0.5) is 0 Å². The fourth-order valence-corrected chi connectivity index (χ4v) is 2.59. The highest BCUT2D eigenvalue weighted by Gasteiger charge is 2.09. The van der Waals surface area contributed by atoms with E-state index in [9.17, 15) is 0 Å². The van der Waals surface area contributed by atoms with Gasteiger partial charge in [0.25, 0.3) is 0 Å². The second-order valence-corrected chi connectivity index (χ2v) is 4.83. The molecule has 0 bridgehead atoms. The van der Waals surface area contributed by atoms with Gasteiger partial charge in [0.15, 0.2) is 12.7 Å². The van der Waals surface area contributed by atoms with Crippen LogP contribution < -0.4 is 4.57 Å². The van der Waals surface area contributed by atoms with Gasteiger partial charge < -0.3 is 0 Å². The highest BCUT2D eigenvalue weighted by atomic mass is 32.1. The minimum absolute atomic E-state index is 0.988. The number of aryl methyl sites for hydroxylation is 3. The molecule has 2 aromatic rings. The number of hydrogen-bond acceptors (Lipinski definition) is 1. The monoisotopic (exact) mass is 218 g/mol. The van der Waals surface area contributed by atoms with Crippen LogP contribution in [0.25, 0.3) is 0 Å². The van der Waals surface area contributed by atoms with Gasteiger partial charge >= 0.3 is 0 Å². The summed E-state index contributed by atoms with van der Waals surface area (Å²) in [7, 11) is 0. The van der Waals surface area contributed by atoms with Crippen molar-refractivity contribution in [2.45, 2.75) is 27.3 Å². The van der Waals surface area contributed by atoms with Crippen LogP contribution in [-0.4, -0.2) is 0 Å². The maximum absolute atomic E-state index is 2.26. The van der Waals surface area contributed by atoms with Crippen LogP contribution in [0.1, 0.15) is 22.3 Å². The Morgan fingerprint density at radius 1 is 1.13 bits per heavy atom. The third kappa shape index (κ3) is 2.26. The third-order valence-electron chi connectivity index (χ3n) is 2.71. The lowest BCUT2D eigenvalue weighted by Gasteiger charge is -2.07. The van der Waals surface area contributed by atoms with Gasteiger partial charge in [-0.15, -0.1) is 0 Å². The number of thiazole rings is 1. The Labute approximate surface area is 95.0 Å². The third-order valence-corrected chi connectivity index (χ3v) is 3.38. The molecule has 0 amide bonds. The van der Waals surface area contributed by atoms with E-state index in [0.717, 1.165) is 6.54 Å². The number of benzene rings is 1. The lowest BCUT2D eigenvalue weighted by molar-refractivity contribution is -0.683. The van der Waals surface area contributed by atoms with E-state index in [1.54, 1.807) is 11.3 Å². The highest BCUT2D eigenvalue weighted by molar-refractivity contribution is 7.07. The number of aromatic nitrogens is 1. The minimum atomic E-state index is 0.988. The second kappa shape index (κ2) is 4.15. The lowest BCUT2D eigenvalue weighted by Crippen LogP contribution is -2.31. The van der Waals surface area contributed by atoms with Crippen molar-refractivity contribution in [3.05, 3.63) is 51.5 Å². The van der Waals surface area contributed by atoms with Crippen LogP contribution in [0, 0.1) is 20.8 Å². The average Bonchev–Trinajstić information content (AvgIpc) is 2.63. The summed E-state index contributed by atoms with van der Waals surface area (Å²) in [6.45, 7) is 7.54. The number of hydrogen-bond donors (Lipinski definition) is 0. The van der Waals surface area contributed by atoms with Crippen LogP contribution in [0.2, 0.25) is 0 Å². The maximum atomic E-state index is 2.26. The molecule has 1 aromatic carbocycles. The fourth-order valence-electron chi connectivity index (χ4n) is 1.99. The van der Waals surface area contributed by atoms with Gasteiger partial charge in [-0.05, 0) is 31.9 Å². The summed E-state index contributed by atoms with van der Waals surface area (Å²) in [4.78, 5) is 0. The smallest absolute Gasteiger partial charge is 0.191 e. The first-order valence-electron chi connectivity index (χ1n) is 5.15. The Kier molecular flexibility index (Phi) is 2.87. The van der Waals surface area contributed by atoms with Crippen LogP contribution in [0.3, 0.4) is 0 Å². The van der Waals surface area contributed by atoms with Gasteiger partial charge in [-0.3, -0.25) is 0 Å². The molecule has 0 atom stereocenters. The molecule has 0 saturated carbocycles. The first kappa shape index (κ1) is 10.4. The molecule has 2 heteroatoms. The van der Waals surface area contributed by atoms with Gasteiger partial charge in [-0.1, -0.05) is 29.0 Å². The minimum Gasteiger partial charge on any atom is -0.191 e. The summed E-state index contributed by atoms with van der Waals surface area (Å²) in [5, 5.41) is 2.11. The Morgan fingerprint density at radius 3 is 2.33 bits per heavy atom. The predicted octanol–water partition coefficient (Wildman–Crippen LogP) is 3.01. The van der Waals surface area contributed by atoms with Gasteiger partial charge in [0.05, 0.1) is 5.38 Å². The van der Waals surface area contributed by atoms with Crippen molar-refractivity contribution in [2.24, 2.45) is 0 Å². The van der Waals surface area contributed by atoms with Gasteiger partial charge in [-0.25, -0.2) is 0 Å². The largest absolute Gasteiger partial charge is 0.224 e. The van der Waals surface area contributed by atoms with Crippen molar-refractivity contribution in [3.63, 3.8) is 0 Å². The summed E-state index contributed by atoms with van der Waals surface area (Å²) >= 11 is 1.74. The topological polar surface area (TPSA) is 3.88 Å². The van der Waals surface area contributed by atoms with E-state index in [2.05, 4.69) is 54.6 Å². The zero-order valence-corrected chi connectivity index (χ0v) is 10.3. The predicted molar refractivity (Wildman–Crippen MR) is 64.3 cm³/mol. The van der Waals surface area contributed by atoms with Crippen molar-refractivity contribution >= 4 is 11.3 Å². The molecular weight excluding hydrogens is 202 g/mol. The van der Waals surface area contributed by atoms with E-state index in [0.29, 0.717) is 0 Å². The summed E-state index contributed by atoms with van der Waals surface area (Å²) in [5.74, 6) is 0. The molecule has 0 aliphatic carbocycles. The summed E-state index contributed by atoms with van der Waals surface area (Å²) in [5.41, 5.74) is 7.74. The molecule has 1 aromatic heterocycles. The molecule has 2 rings (SSSR count). The van der Waals surface area contributed by atoms with Gasteiger partial charge in [0.2, 0.25) is 5.51 Å². The Balaban J connectivity index is 2.36. The molecule has 0 aliphatic rings. The number of nitrogens with zero attached hydrogens (tertiary/aromatic N) is 1. The molecule has 0 aliphatic heterocycles. The van der Waals surface area contributed by atoms with E-state index < -0.39 is 0 Å². The first-order chi connectivity index (χ1) is 7.16. The van der Waals surface area contributed by atoms with Crippen LogP contribution in [0.15, 0.2) is 29.2 Å². The SMILES string of the molecule is Cc1cc(C)c(C[n+]2ccsc2)c(C)c1. The fraction of sp³-hybridized carbons (Fsp3) is 0.308. The molecule has 1 heterocycles. The van der Waals surface area contributed by atoms with E-state index in [-0.39, 0.29) is 0 Å². The number of rotatable bonds is 2. The van der Waals surface area contributed by atoms with E-state index in [1.165, 1.54) is 22.3 Å². The van der Waals surface area contributed by atoms with Gasteiger partial charge in [-0.2, -0.15) is 4.57 Å². The molecule has 0 saturated heterocycles. The second-order valence-electron chi connectivity index (χ2n) is 4.08. The van der Waals surface area contributed by atoms with Gasteiger partial charge in [0, 0.05) is 5.56 Å². The van der Waals surface area contributed by atoms with Crippen LogP contribution >= 0.6 is 11.3 Å². The summed E-state index contributed by atoms with van der Waals surface area (Å²) in [6.07, 6.45) is 2.13. The standard InChI is InChI=1S/C13H16NS/c1-10-6-11(2)13(12(3)7-10)8-14-4-5-15-9-14/h4-7,9H,8H2,1-3H3/q+1. The molecule has 0 unspecified atom stereocenters. The normalized spacial score (nSPS) is 10.6. The Hall–Kier alpha value is -1.15. The molecule has 0 spiro atoms. The molecular formula is C13H16NS+. The maximum Gasteiger partial charge on any atom is 0.224 e. The van der Waals surface area contributed by atoms with Crippen LogP contribution in [-0.2, 0) is 6.54 Å². The molecule has 15 heavy (non-hydrogen) atoms. The van der Waals surface area contributed by atoms with Crippen molar-refractivity contribution in [1.29, 1.82) is 0 Å². The first-order valence-corrected chi connectivity index (χ1v) is 6.09. The summed E-state index contributed by atoms with van der Waals surface area (Å²) in [6, 6.07) is 4.52. The van der Waals surface area contributed by atoms with E-state index in [1.807, 2.05) is 0 Å². The van der Waals surface area contributed by atoms with E-state index >= 15 is 0 Å².